The van der Waals surface area contributed by atoms with Crippen molar-refractivity contribution in [1.29, 1.82) is 0 Å². The molecule has 0 spiro atoms. The van der Waals surface area contributed by atoms with Crippen molar-refractivity contribution in [3.8, 4) is 11.5 Å². The van der Waals surface area contributed by atoms with E-state index >= 15 is 0 Å². The van der Waals surface area contributed by atoms with Crippen molar-refractivity contribution in [3.63, 3.8) is 0 Å². The fourth-order valence-electron chi connectivity index (χ4n) is 3.50. The Balaban J connectivity index is 1.63. The molecule has 0 aliphatic heterocycles. The van der Waals surface area contributed by atoms with Crippen molar-refractivity contribution in [2.24, 2.45) is 0 Å². The summed E-state index contributed by atoms with van der Waals surface area (Å²) >= 11 is 0. The molecule has 4 aromatic heterocycles. The van der Waals surface area contributed by atoms with Crippen LogP contribution in [0.5, 0.6) is 0 Å². The van der Waals surface area contributed by atoms with Gasteiger partial charge in [-0.1, -0.05) is 18.2 Å². The third kappa shape index (κ3) is 3.49. The number of pyridine rings is 1. The van der Waals surface area contributed by atoms with E-state index in [9.17, 15) is 17.6 Å². The van der Waals surface area contributed by atoms with Crippen LogP contribution in [0.25, 0.3) is 33.7 Å². The molecule has 0 bridgehead atoms. The smallest absolute Gasteiger partial charge is 0.382 e. The number of alkyl halides is 3. The molecular weight excluding hydrogens is 428 g/mol. The molecule has 1 aromatic carbocycles. The van der Waals surface area contributed by atoms with Crippen LogP contribution >= 0.6 is 0 Å². The number of benzene rings is 1. The van der Waals surface area contributed by atoms with E-state index in [1.165, 1.54) is 10.7 Å². The van der Waals surface area contributed by atoms with Gasteiger partial charge in [0, 0.05) is 11.8 Å². The number of nitrogen functional groups attached to an aromatic ring is 1. The van der Waals surface area contributed by atoms with E-state index in [2.05, 4.69) is 25.0 Å². The van der Waals surface area contributed by atoms with E-state index in [0.717, 1.165) is 10.9 Å². The Morgan fingerprint density at radius 2 is 1.81 bits per heavy atom. The third-order valence-electron chi connectivity index (χ3n) is 4.85. The van der Waals surface area contributed by atoms with Gasteiger partial charge in [-0.25, -0.2) is 29.0 Å². The van der Waals surface area contributed by atoms with E-state index in [0.29, 0.717) is 22.3 Å². The lowest BCUT2D eigenvalue weighted by Crippen LogP contribution is -2.17. The maximum Gasteiger partial charge on any atom is 0.406 e. The number of nitrogens with two attached hydrogens (primary N) is 1. The molecule has 0 saturated carbocycles. The Morgan fingerprint density at radius 3 is 2.59 bits per heavy atom. The molecule has 8 nitrogen and oxygen atoms in total. The minimum Gasteiger partial charge on any atom is -0.382 e. The standard InChI is InChI=1S/C20H14F4N8/c21-13-6-2-1-4-11(13)8-32-19-12(5-3-7-26-19)14(30-32)17-28-16(25)15-18(29-17)27-10-31(15)9-20(22,23)24/h1-7,10H,8-9H2,(H2,25,28,29). The van der Waals surface area contributed by atoms with Crippen LogP contribution in [0.1, 0.15) is 5.56 Å². The quantitative estimate of drug-likeness (QED) is 0.427. The molecule has 0 amide bonds. The maximum atomic E-state index is 14.2. The molecular formula is C20H14F4N8. The molecule has 162 valence electrons. The summed E-state index contributed by atoms with van der Waals surface area (Å²) in [5.41, 5.74) is 7.16. The van der Waals surface area contributed by atoms with Crippen molar-refractivity contribution < 1.29 is 17.6 Å². The SMILES string of the molecule is Nc1nc(-c2nn(Cc3ccccc3F)c3ncccc23)nc2ncn(CC(F)(F)F)c12. The molecule has 4 heterocycles. The van der Waals surface area contributed by atoms with Gasteiger partial charge in [0.05, 0.1) is 18.3 Å². The van der Waals surface area contributed by atoms with Gasteiger partial charge in [0.25, 0.3) is 0 Å². The van der Waals surface area contributed by atoms with Gasteiger partial charge in [-0.2, -0.15) is 18.3 Å². The van der Waals surface area contributed by atoms with E-state index < -0.39 is 12.7 Å². The summed E-state index contributed by atoms with van der Waals surface area (Å²) in [4.78, 5) is 16.7. The van der Waals surface area contributed by atoms with Crippen molar-refractivity contribution >= 4 is 28.0 Å². The number of halogens is 4. The van der Waals surface area contributed by atoms with Crippen LogP contribution in [-0.2, 0) is 13.1 Å². The monoisotopic (exact) mass is 442 g/mol. The Kier molecular flexibility index (Phi) is 4.50. The maximum absolute atomic E-state index is 14.2. The third-order valence-corrected chi connectivity index (χ3v) is 4.85. The molecule has 0 fully saturated rings. The summed E-state index contributed by atoms with van der Waals surface area (Å²) < 4.78 is 55.0. The Bertz CT molecular complexity index is 1450. The number of imidazole rings is 1. The van der Waals surface area contributed by atoms with Gasteiger partial charge in [0.15, 0.2) is 22.9 Å². The van der Waals surface area contributed by atoms with Gasteiger partial charge in [0.2, 0.25) is 0 Å². The fourth-order valence-corrected chi connectivity index (χ4v) is 3.50. The van der Waals surface area contributed by atoms with Crippen LogP contribution in [0.15, 0.2) is 48.9 Å². The Hall–Kier alpha value is -4.09. The molecule has 12 heteroatoms. The van der Waals surface area contributed by atoms with Crippen LogP contribution in [0, 0.1) is 5.82 Å². The Labute approximate surface area is 177 Å². The molecule has 0 radical (unpaired) electrons. The van der Waals surface area contributed by atoms with Crippen LogP contribution < -0.4 is 5.73 Å². The second kappa shape index (κ2) is 7.25. The number of fused-ring (bicyclic) bond motifs is 2. The normalized spacial score (nSPS) is 12.1. The zero-order valence-corrected chi connectivity index (χ0v) is 16.3. The summed E-state index contributed by atoms with van der Waals surface area (Å²) in [6, 6.07) is 9.74. The molecule has 5 rings (SSSR count). The predicted molar refractivity (Wildman–Crippen MR) is 108 cm³/mol. The lowest BCUT2D eigenvalue weighted by atomic mass is 10.2. The summed E-state index contributed by atoms with van der Waals surface area (Å²) in [6.45, 7) is -1.15. The molecule has 2 N–H and O–H groups in total. The van der Waals surface area contributed by atoms with Gasteiger partial charge >= 0.3 is 6.18 Å². The number of aromatic nitrogens is 7. The highest BCUT2D eigenvalue weighted by atomic mass is 19.4. The molecule has 5 aromatic rings. The second-order valence-corrected chi connectivity index (χ2v) is 7.06. The van der Waals surface area contributed by atoms with E-state index in [1.54, 1.807) is 36.5 Å². The van der Waals surface area contributed by atoms with Gasteiger partial charge in [0.1, 0.15) is 23.6 Å². The number of anilines is 1. The van der Waals surface area contributed by atoms with E-state index in [4.69, 9.17) is 5.73 Å². The molecule has 0 atom stereocenters. The average molecular weight is 442 g/mol. The van der Waals surface area contributed by atoms with Crippen molar-refractivity contribution in [3.05, 3.63) is 60.3 Å². The van der Waals surface area contributed by atoms with Crippen molar-refractivity contribution in [1.82, 2.24) is 34.3 Å². The summed E-state index contributed by atoms with van der Waals surface area (Å²) in [6.07, 6.45) is -1.86. The Morgan fingerprint density at radius 1 is 1.00 bits per heavy atom. The molecule has 0 saturated heterocycles. The molecule has 32 heavy (non-hydrogen) atoms. The fraction of sp³-hybridized carbons (Fsp3) is 0.150. The first kappa shape index (κ1) is 19.8. The highest BCUT2D eigenvalue weighted by Gasteiger charge is 2.29. The van der Waals surface area contributed by atoms with E-state index in [1.807, 2.05) is 0 Å². The lowest BCUT2D eigenvalue weighted by Gasteiger charge is -2.09. The van der Waals surface area contributed by atoms with Crippen LogP contribution in [0.2, 0.25) is 0 Å². The largest absolute Gasteiger partial charge is 0.406 e. The highest BCUT2D eigenvalue weighted by molar-refractivity contribution is 5.91. The number of hydrogen-bond donors (Lipinski definition) is 1. The van der Waals surface area contributed by atoms with Crippen LogP contribution in [0.4, 0.5) is 23.4 Å². The topological polar surface area (TPSA) is 100 Å². The first-order valence-electron chi connectivity index (χ1n) is 9.40. The first-order valence-corrected chi connectivity index (χ1v) is 9.40. The summed E-state index contributed by atoms with van der Waals surface area (Å²) in [7, 11) is 0. The van der Waals surface area contributed by atoms with Crippen LogP contribution in [0.3, 0.4) is 0 Å². The van der Waals surface area contributed by atoms with Crippen molar-refractivity contribution in [2.45, 2.75) is 19.3 Å². The number of nitrogens with zero attached hydrogens (tertiary/aromatic N) is 7. The number of rotatable bonds is 4. The van der Waals surface area contributed by atoms with Gasteiger partial charge in [-0.15, -0.1) is 0 Å². The predicted octanol–water partition coefficient (Wildman–Crippen LogP) is 3.57. The molecule has 0 unspecified atom stereocenters. The lowest BCUT2D eigenvalue weighted by molar-refractivity contribution is -0.139. The second-order valence-electron chi connectivity index (χ2n) is 7.06. The van der Waals surface area contributed by atoms with Crippen molar-refractivity contribution in [2.75, 3.05) is 5.73 Å². The van der Waals surface area contributed by atoms with E-state index in [-0.39, 0.29) is 35.2 Å². The minimum absolute atomic E-state index is 0.0115. The molecule has 0 aliphatic carbocycles. The first-order chi connectivity index (χ1) is 15.3. The summed E-state index contributed by atoms with van der Waals surface area (Å²) in [5.74, 6) is -0.462. The zero-order valence-electron chi connectivity index (χ0n) is 16.3. The summed E-state index contributed by atoms with van der Waals surface area (Å²) in [5, 5.41) is 5.08. The zero-order chi connectivity index (χ0) is 22.5. The minimum atomic E-state index is -4.45. The average Bonchev–Trinajstić information content (AvgIpc) is 3.30. The highest BCUT2D eigenvalue weighted by Crippen LogP contribution is 2.29. The van der Waals surface area contributed by atoms with Gasteiger partial charge in [-0.3, -0.25) is 0 Å². The number of hydrogen-bond acceptors (Lipinski definition) is 6. The van der Waals surface area contributed by atoms with Crippen LogP contribution in [-0.4, -0.2) is 40.5 Å². The van der Waals surface area contributed by atoms with Gasteiger partial charge in [-0.05, 0) is 18.2 Å². The van der Waals surface area contributed by atoms with Gasteiger partial charge < -0.3 is 10.3 Å². The molecule has 0 aliphatic rings.